The van der Waals surface area contributed by atoms with Gasteiger partial charge in [-0.15, -0.1) is 0 Å². The normalized spacial score (nSPS) is 6.77. The monoisotopic (exact) mass is 181 g/mol. The van der Waals surface area contributed by atoms with E-state index in [4.69, 9.17) is 0 Å². The molecule has 0 aliphatic carbocycles. The summed E-state index contributed by atoms with van der Waals surface area (Å²) < 4.78 is 0. The van der Waals surface area contributed by atoms with Gasteiger partial charge in [0.05, 0.1) is 0 Å². The van der Waals surface area contributed by atoms with Crippen LogP contribution in [0.1, 0.15) is 5.56 Å². The van der Waals surface area contributed by atoms with Gasteiger partial charge in [-0.25, -0.2) is 0 Å². The number of rotatable bonds is 2. The summed E-state index contributed by atoms with van der Waals surface area (Å²) in [5, 5.41) is 0. The molecule has 63 valence electrons. The summed E-state index contributed by atoms with van der Waals surface area (Å²) in [7, 11) is 0. The molecular weight excluding hydrogens is 167 g/mol. The summed E-state index contributed by atoms with van der Waals surface area (Å²) in [5.74, 6) is 0. The molecule has 1 radical (unpaired) electrons. The van der Waals surface area contributed by atoms with Crippen LogP contribution in [-0.2, 0) is 0 Å². The Morgan fingerprint density at radius 3 is 1.54 bits per heavy atom. The molecule has 0 heterocycles. The Kier molecular flexibility index (Phi) is 13.1. The third kappa shape index (κ3) is 9.35. The topological polar surface area (TPSA) is 0 Å². The van der Waals surface area contributed by atoms with Crippen molar-refractivity contribution < 1.29 is 0 Å². The van der Waals surface area contributed by atoms with Crippen molar-refractivity contribution in [1.29, 1.82) is 0 Å². The molecular formula is C12H14Na. The summed E-state index contributed by atoms with van der Waals surface area (Å²) in [6.45, 7) is 10.4. The molecule has 1 aromatic rings. The van der Waals surface area contributed by atoms with E-state index in [9.17, 15) is 0 Å². The van der Waals surface area contributed by atoms with Gasteiger partial charge in [-0.3, -0.25) is 0 Å². The van der Waals surface area contributed by atoms with Crippen molar-refractivity contribution >= 4 is 35.6 Å². The minimum absolute atomic E-state index is 0. The Morgan fingerprint density at radius 1 is 0.846 bits per heavy atom. The fraction of sp³-hybridized carbons (Fsp3) is 0. The first-order chi connectivity index (χ1) is 5.85. The maximum absolute atomic E-state index is 3.63. The van der Waals surface area contributed by atoms with E-state index in [1.54, 1.807) is 12.2 Å². The first-order valence-electron chi connectivity index (χ1n) is 3.76. The van der Waals surface area contributed by atoms with Gasteiger partial charge in [0, 0.05) is 29.6 Å². The van der Waals surface area contributed by atoms with Crippen LogP contribution in [0.4, 0.5) is 0 Å². The Labute approximate surface area is 103 Å². The van der Waals surface area contributed by atoms with Crippen LogP contribution < -0.4 is 0 Å². The number of benzene rings is 1. The molecule has 0 atom stereocenters. The van der Waals surface area contributed by atoms with E-state index in [1.807, 2.05) is 36.4 Å². The van der Waals surface area contributed by atoms with Crippen molar-refractivity contribution in [3.8, 4) is 0 Å². The van der Waals surface area contributed by atoms with Crippen molar-refractivity contribution in [1.82, 2.24) is 0 Å². The quantitative estimate of drug-likeness (QED) is 0.485. The van der Waals surface area contributed by atoms with Crippen LogP contribution >= 0.6 is 0 Å². The molecule has 0 fully saturated rings. The average Bonchev–Trinajstić information content (AvgIpc) is 2.19. The zero-order valence-corrected chi connectivity index (χ0v) is 10.2. The molecule has 13 heavy (non-hydrogen) atoms. The van der Waals surface area contributed by atoms with Gasteiger partial charge in [-0.05, 0) is 5.56 Å². The van der Waals surface area contributed by atoms with Gasteiger partial charge in [0.1, 0.15) is 0 Å². The maximum Gasteiger partial charge on any atom is 0 e. The van der Waals surface area contributed by atoms with Crippen molar-refractivity contribution in [2.75, 3.05) is 0 Å². The van der Waals surface area contributed by atoms with Gasteiger partial charge < -0.3 is 0 Å². The number of hydrogen-bond donors (Lipinski definition) is 0. The SMILES string of the molecule is C=CC=C.C=Cc1ccccc1.[Na]. The molecule has 0 bridgehead atoms. The third-order valence-electron chi connectivity index (χ3n) is 1.20. The fourth-order valence-corrected chi connectivity index (χ4v) is 0.589. The Morgan fingerprint density at radius 2 is 1.31 bits per heavy atom. The van der Waals surface area contributed by atoms with Crippen molar-refractivity contribution in [2.24, 2.45) is 0 Å². The molecule has 0 saturated heterocycles. The van der Waals surface area contributed by atoms with Gasteiger partial charge in [0.2, 0.25) is 0 Å². The number of hydrogen-bond acceptors (Lipinski definition) is 0. The predicted molar refractivity (Wildman–Crippen MR) is 62.7 cm³/mol. The van der Waals surface area contributed by atoms with E-state index in [2.05, 4.69) is 19.7 Å². The smallest absolute Gasteiger partial charge is 0 e. The number of allylic oxidation sites excluding steroid dienone is 2. The predicted octanol–water partition coefficient (Wildman–Crippen LogP) is 3.31. The van der Waals surface area contributed by atoms with E-state index in [-0.39, 0.29) is 29.6 Å². The first kappa shape index (κ1) is 14.9. The van der Waals surface area contributed by atoms with Gasteiger partial charge in [-0.1, -0.05) is 68.3 Å². The second-order valence-corrected chi connectivity index (χ2v) is 2.09. The Balaban J connectivity index is 0. The Hall–Kier alpha value is -0.560. The Bertz CT molecular complexity index is 231. The maximum atomic E-state index is 3.63. The molecule has 0 spiro atoms. The van der Waals surface area contributed by atoms with E-state index in [1.165, 1.54) is 5.56 Å². The minimum atomic E-state index is 0. The van der Waals surface area contributed by atoms with Crippen molar-refractivity contribution in [3.05, 3.63) is 67.8 Å². The zero-order valence-electron chi connectivity index (χ0n) is 8.24. The summed E-state index contributed by atoms with van der Waals surface area (Å²) in [6, 6.07) is 10.0. The minimum Gasteiger partial charge on any atom is -0.0991 e. The molecule has 0 saturated carbocycles. The molecule has 0 N–H and O–H groups in total. The van der Waals surface area contributed by atoms with Crippen molar-refractivity contribution in [3.63, 3.8) is 0 Å². The average molecular weight is 181 g/mol. The second kappa shape index (κ2) is 11.4. The van der Waals surface area contributed by atoms with Crippen LogP contribution in [-0.4, -0.2) is 29.6 Å². The molecule has 0 aliphatic rings. The van der Waals surface area contributed by atoms with Gasteiger partial charge in [0.15, 0.2) is 0 Å². The summed E-state index contributed by atoms with van der Waals surface area (Å²) in [4.78, 5) is 0. The largest absolute Gasteiger partial charge is 0.0991 e. The second-order valence-electron chi connectivity index (χ2n) is 2.09. The van der Waals surface area contributed by atoms with E-state index in [0.29, 0.717) is 0 Å². The molecule has 1 heteroatoms. The summed E-state index contributed by atoms with van der Waals surface area (Å²) in [6.07, 6.45) is 5.11. The van der Waals surface area contributed by atoms with E-state index < -0.39 is 0 Å². The molecule has 0 aliphatic heterocycles. The molecule has 0 amide bonds. The molecule has 1 rings (SSSR count). The van der Waals surface area contributed by atoms with Crippen LogP contribution in [0.5, 0.6) is 0 Å². The summed E-state index contributed by atoms with van der Waals surface area (Å²) >= 11 is 0. The van der Waals surface area contributed by atoms with Crippen LogP contribution in [0.3, 0.4) is 0 Å². The summed E-state index contributed by atoms with van der Waals surface area (Å²) in [5.41, 5.74) is 1.17. The molecule has 1 aromatic carbocycles. The van der Waals surface area contributed by atoms with Gasteiger partial charge >= 0.3 is 0 Å². The van der Waals surface area contributed by atoms with Gasteiger partial charge in [0.25, 0.3) is 0 Å². The van der Waals surface area contributed by atoms with Gasteiger partial charge in [-0.2, -0.15) is 0 Å². The van der Waals surface area contributed by atoms with E-state index in [0.717, 1.165) is 0 Å². The van der Waals surface area contributed by atoms with Crippen molar-refractivity contribution in [2.45, 2.75) is 0 Å². The molecule has 0 unspecified atom stereocenters. The van der Waals surface area contributed by atoms with Crippen LogP contribution in [0, 0.1) is 0 Å². The third-order valence-corrected chi connectivity index (χ3v) is 1.20. The van der Waals surface area contributed by atoms with Crippen LogP contribution in [0.25, 0.3) is 6.08 Å². The zero-order chi connectivity index (χ0) is 9.23. The van der Waals surface area contributed by atoms with Crippen LogP contribution in [0.15, 0.2) is 62.2 Å². The van der Waals surface area contributed by atoms with E-state index >= 15 is 0 Å². The first-order valence-corrected chi connectivity index (χ1v) is 3.76. The molecule has 0 nitrogen and oxygen atoms in total. The van der Waals surface area contributed by atoms with Crippen LogP contribution in [0.2, 0.25) is 0 Å². The standard InChI is InChI=1S/C8H8.C4H6.Na/c1-2-8-6-4-3-5-7-8;1-3-4-2;/h2-7H,1H2;3-4H,1-2H2;. The molecule has 0 aromatic heterocycles. The fourth-order valence-electron chi connectivity index (χ4n) is 0.589.